The van der Waals surface area contributed by atoms with Gasteiger partial charge in [-0.25, -0.2) is 12.7 Å². The Labute approximate surface area is 153 Å². The molecule has 0 fully saturated rings. The summed E-state index contributed by atoms with van der Waals surface area (Å²) in [6.45, 7) is 2.36. The van der Waals surface area contributed by atoms with Crippen LogP contribution in [0, 0.1) is 0 Å². The maximum absolute atomic E-state index is 12.5. The van der Waals surface area contributed by atoms with Gasteiger partial charge >= 0.3 is 0 Å². The fourth-order valence-corrected chi connectivity index (χ4v) is 3.18. The molecular weight excluding hydrogens is 356 g/mol. The number of amides is 1. The topological polar surface area (TPSA) is 84.9 Å². The summed E-state index contributed by atoms with van der Waals surface area (Å²) in [5.41, 5.74) is 0.747. The van der Waals surface area contributed by atoms with Crippen molar-refractivity contribution in [2.45, 2.75) is 11.8 Å². The third-order valence-corrected chi connectivity index (χ3v) is 5.41. The zero-order valence-electron chi connectivity index (χ0n) is 15.1. The van der Waals surface area contributed by atoms with Gasteiger partial charge in [0.2, 0.25) is 10.0 Å². The van der Waals surface area contributed by atoms with E-state index in [0.29, 0.717) is 23.8 Å². The number of hydrogen-bond donors (Lipinski definition) is 1. The van der Waals surface area contributed by atoms with Crippen molar-refractivity contribution in [3.63, 3.8) is 0 Å². The molecule has 2 aromatic rings. The van der Waals surface area contributed by atoms with Crippen molar-refractivity contribution in [2.24, 2.45) is 0 Å². The number of anilines is 1. The van der Waals surface area contributed by atoms with Crippen LogP contribution in [-0.2, 0) is 10.0 Å². The van der Waals surface area contributed by atoms with Crippen LogP contribution in [0.15, 0.2) is 47.4 Å². The van der Waals surface area contributed by atoms with Crippen LogP contribution in [0.5, 0.6) is 11.5 Å². The summed E-state index contributed by atoms with van der Waals surface area (Å²) in [4.78, 5) is 12.5. The molecule has 0 saturated heterocycles. The van der Waals surface area contributed by atoms with Gasteiger partial charge in [0.1, 0.15) is 0 Å². The molecule has 1 N–H and O–H groups in total. The Morgan fingerprint density at radius 1 is 1.12 bits per heavy atom. The van der Waals surface area contributed by atoms with Crippen molar-refractivity contribution in [2.75, 3.05) is 33.1 Å². The SMILES string of the molecule is CCOc1ccc(NC(=O)c2cccc(S(=O)(=O)N(C)C)c2)cc1OC. The van der Waals surface area contributed by atoms with E-state index in [1.54, 1.807) is 24.3 Å². The third kappa shape index (κ3) is 4.33. The van der Waals surface area contributed by atoms with Crippen molar-refractivity contribution in [1.29, 1.82) is 0 Å². The predicted molar refractivity (Wildman–Crippen MR) is 99.4 cm³/mol. The Hall–Kier alpha value is -2.58. The smallest absolute Gasteiger partial charge is 0.255 e. The number of benzene rings is 2. The van der Waals surface area contributed by atoms with E-state index in [0.717, 1.165) is 4.31 Å². The maximum Gasteiger partial charge on any atom is 0.255 e. The van der Waals surface area contributed by atoms with Gasteiger partial charge in [-0.15, -0.1) is 0 Å². The van der Waals surface area contributed by atoms with E-state index in [-0.39, 0.29) is 10.5 Å². The molecular formula is C18H22N2O5S. The van der Waals surface area contributed by atoms with Crippen LogP contribution in [0.25, 0.3) is 0 Å². The quantitative estimate of drug-likeness (QED) is 0.800. The van der Waals surface area contributed by atoms with E-state index in [4.69, 9.17) is 9.47 Å². The summed E-state index contributed by atoms with van der Waals surface area (Å²) in [5.74, 6) is 0.646. The zero-order valence-corrected chi connectivity index (χ0v) is 16.0. The van der Waals surface area contributed by atoms with Crippen LogP contribution in [-0.4, -0.2) is 46.4 Å². The molecule has 0 unspecified atom stereocenters. The van der Waals surface area contributed by atoms with E-state index in [9.17, 15) is 13.2 Å². The molecule has 140 valence electrons. The lowest BCUT2D eigenvalue weighted by Gasteiger charge is -2.13. The molecule has 2 aromatic carbocycles. The van der Waals surface area contributed by atoms with E-state index >= 15 is 0 Å². The van der Waals surface area contributed by atoms with E-state index in [1.165, 1.54) is 39.4 Å². The Bertz CT molecular complexity index is 894. The van der Waals surface area contributed by atoms with Crippen LogP contribution in [0.1, 0.15) is 17.3 Å². The molecule has 0 radical (unpaired) electrons. The summed E-state index contributed by atoms with van der Waals surface area (Å²) in [5, 5.41) is 2.73. The molecule has 0 heterocycles. The number of nitrogens with one attached hydrogen (secondary N) is 1. The van der Waals surface area contributed by atoms with Gasteiger partial charge in [0.25, 0.3) is 5.91 Å². The van der Waals surface area contributed by atoms with Gasteiger partial charge in [0.15, 0.2) is 11.5 Å². The largest absolute Gasteiger partial charge is 0.493 e. The second-order valence-electron chi connectivity index (χ2n) is 5.57. The average Bonchev–Trinajstić information content (AvgIpc) is 2.63. The average molecular weight is 378 g/mol. The minimum absolute atomic E-state index is 0.0550. The van der Waals surface area contributed by atoms with Crippen LogP contribution in [0.2, 0.25) is 0 Å². The zero-order chi connectivity index (χ0) is 19.3. The molecule has 1 amide bonds. The highest BCUT2D eigenvalue weighted by Crippen LogP contribution is 2.30. The number of ether oxygens (including phenoxy) is 2. The highest BCUT2D eigenvalue weighted by atomic mass is 32.2. The molecule has 0 aliphatic carbocycles. The van der Waals surface area contributed by atoms with Crippen molar-refractivity contribution < 1.29 is 22.7 Å². The summed E-state index contributed by atoms with van der Waals surface area (Å²) >= 11 is 0. The fraction of sp³-hybridized carbons (Fsp3) is 0.278. The second-order valence-corrected chi connectivity index (χ2v) is 7.72. The molecule has 0 aromatic heterocycles. The van der Waals surface area contributed by atoms with Crippen molar-refractivity contribution in [3.05, 3.63) is 48.0 Å². The minimum Gasteiger partial charge on any atom is -0.493 e. The van der Waals surface area contributed by atoms with Gasteiger partial charge in [-0.1, -0.05) is 6.07 Å². The van der Waals surface area contributed by atoms with Crippen LogP contribution in [0.4, 0.5) is 5.69 Å². The summed E-state index contributed by atoms with van der Waals surface area (Å²) in [6, 6.07) is 10.9. The first-order chi connectivity index (χ1) is 12.3. The first kappa shape index (κ1) is 19.7. The number of methoxy groups -OCH3 is 1. The monoisotopic (exact) mass is 378 g/mol. The molecule has 0 bridgehead atoms. The van der Waals surface area contributed by atoms with Gasteiger partial charge in [0.05, 0.1) is 18.6 Å². The lowest BCUT2D eigenvalue weighted by atomic mass is 10.2. The molecule has 2 rings (SSSR count). The lowest BCUT2D eigenvalue weighted by Crippen LogP contribution is -2.22. The number of sulfonamides is 1. The highest BCUT2D eigenvalue weighted by molar-refractivity contribution is 7.89. The summed E-state index contributed by atoms with van der Waals surface area (Å²) in [7, 11) is 0.779. The van der Waals surface area contributed by atoms with Gasteiger partial charge in [0, 0.05) is 31.4 Å². The molecule has 0 spiro atoms. The second kappa shape index (κ2) is 8.20. The Morgan fingerprint density at radius 2 is 1.85 bits per heavy atom. The van der Waals surface area contributed by atoms with Gasteiger partial charge in [-0.3, -0.25) is 4.79 Å². The number of nitrogens with zero attached hydrogens (tertiary/aromatic N) is 1. The Kier molecular flexibility index (Phi) is 6.23. The van der Waals surface area contributed by atoms with E-state index in [2.05, 4.69) is 5.32 Å². The molecule has 0 atom stereocenters. The predicted octanol–water partition coefficient (Wildman–Crippen LogP) is 2.60. The van der Waals surface area contributed by atoms with Gasteiger partial charge in [-0.2, -0.15) is 0 Å². The summed E-state index contributed by atoms with van der Waals surface area (Å²) in [6.07, 6.45) is 0. The molecule has 8 heteroatoms. The third-order valence-electron chi connectivity index (χ3n) is 3.60. The van der Waals surface area contributed by atoms with Crippen molar-refractivity contribution in [3.8, 4) is 11.5 Å². The highest BCUT2D eigenvalue weighted by Gasteiger charge is 2.19. The number of carbonyl (C=O) groups excluding carboxylic acids is 1. The molecule has 0 aliphatic heterocycles. The molecule has 26 heavy (non-hydrogen) atoms. The maximum atomic E-state index is 12.5. The van der Waals surface area contributed by atoms with Crippen LogP contribution < -0.4 is 14.8 Å². The van der Waals surface area contributed by atoms with Crippen LogP contribution >= 0.6 is 0 Å². The first-order valence-corrected chi connectivity index (χ1v) is 9.38. The van der Waals surface area contributed by atoms with E-state index in [1.807, 2.05) is 6.92 Å². The van der Waals surface area contributed by atoms with Gasteiger partial charge in [-0.05, 0) is 37.3 Å². The Balaban J connectivity index is 2.26. The normalized spacial score (nSPS) is 11.3. The molecule has 0 aliphatic rings. The standard InChI is InChI=1S/C18H22N2O5S/c1-5-25-16-10-9-14(12-17(16)24-4)19-18(21)13-7-6-8-15(11-13)26(22,23)20(2)3/h6-12H,5H2,1-4H3,(H,19,21). The van der Waals surface area contributed by atoms with Gasteiger partial charge < -0.3 is 14.8 Å². The Morgan fingerprint density at radius 3 is 2.46 bits per heavy atom. The number of rotatable bonds is 7. The number of hydrogen-bond acceptors (Lipinski definition) is 5. The van der Waals surface area contributed by atoms with Crippen molar-refractivity contribution in [1.82, 2.24) is 4.31 Å². The minimum atomic E-state index is -3.61. The van der Waals surface area contributed by atoms with Crippen molar-refractivity contribution >= 4 is 21.6 Å². The molecule has 0 saturated carbocycles. The number of carbonyl (C=O) groups is 1. The van der Waals surface area contributed by atoms with Crippen LogP contribution in [0.3, 0.4) is 0 Å². The molecule has 7 nitrogen and oxygen atoms in total. The summed E-state index contributed by atoms with van der Waals surface area (Å²) < 4.78 is 36.2. The van der Waals surface area contributed by atoms with E-state index < -0.39 is 15.9 Å². The first-order valence-electron chi connectivity index (χ1n) is 7.94. The fourth-order valence-electron chi connectivity index (χ4n) is 2.23. The lowest BCUT2D eigenvalue weighted by molar-refractivity contribution is 0.102.